The number of piperazine rings is 1. The zero-order chi connectivity index (χ0) is 21.3. The van der Waals surface area contributed by atoms with Gasteiger partial charge in [-0.15, -0.1) is 0 Å². The van der Waals surface area contributed by atoms with E-state index in [4.69, 9.17) is 4.74 Å². The summed E-state index contributed by atoms with van der Waals surface area (Å²) < 4.78 is 45.6. The van der Waals surface area contributed by atoms with Crippen LogP contribution in [0.5, 0.6) is 5.75 Å². The van der Waals surface area contributed by atoms with Gasteiger partial charge in [-0.25, -0.2) is 9.78 Å². The van der Waals surface area contributed by atoms with E-state index in [0.29, 0.717) is 26.2 Å². The number of anilines is 2. The molecule has 0 atom stereocenters. The number of rotatable bonds is 3. The molecule has 1 aliphatic rings. The number of nitrogens with zero attached hydrogens (tertiary/aromatic N) is 3. The first-order chi connectivity index (χ1) is 14.3. The maximum Gasteiger partial charge on any atom is 0.418 e. The molecule has 30 heavy (non-hydrogen) atoms. The van der Waals surface area contributed by atoms with Crippen LogP contribution in [-0.4, -0.2) is 49.2 Å². The maximum atomic E-state index is 13.1. The lowest BCUT2D eigenvalue weighted by molar-refractivity contribution is -0.136. The highest BCUT2D eigenvalue weighted by molar-refractivity contribution is 7.22. The Kier molecular flexibility index (Phi) is 5.42. The quantitative estimate of drug-likeness (QED) is 0.648. The van der Waals surface area contributed by atoms with Crippen LogP contribution in [0.2, 0.25) is 0 Å². The summed E-state index contributed by atoms with van der Waals surface area (Å²) in [5.41, 5.74) is -0.223. The number of fused-ring (bicyclic) bond motifs is 1. The highest BCUT2D eigenvalue weighted by Gasteiger charge is 2.34. The maximum absolute atomic E-state index is 13.1. The van der Waals surface area contributed by atoms with Crippen molar-refractivity contribution < 1.29 is 22.7 Å². The molecule has 2 aromatic carbocycles. The van der Waals surface area contributed by atoms with Gasteiger partial charge in [0.2, 0.25) is 0 Å². The fourth-order valence-electron chi connectivity index (χ4n) is 3.29. The van der Waals surface area contributed by atoms with Gasteiger partial charge in [-0.2, -0.15) is 13.2 Å². The Hall–Kier alpha value is -3.01. The van der Waals surface area contributed by atoms with Crippen molar-refractivity contribution in [2.75, 3.05) is 43.5 Å². The fourth-order valence-corrected chi connectivity index (χ4v) is 4.34. The van der Waals surface area contributed by atoms with Crippen molar-refractivity contribution >= 4 is 38.4 Å². The van der Waals surface area contributed by atoms with E-state index in [9.17, 15) is 18.0 Å². The van der Waals surface area contributed by atoms with E-state index in [1.807, 2.05) is 18.2 Å². The largest absolute Gasteiger partial charge is 0.497 e. The van der Waals surface area contributed by atoms with E-state index in [2.05, 4.69) is 15.2 Å². The predicted octanol–water partition coefficient (Wildman–Crippen LogP) is 4.68. The number of alkyl halides is 3. The van der Waals surface area contributed by atoms with Crippen molar-refractivity contribution in [1.82, 2.24) is 9.88 Å². The lowest BCUT2D eigenvalue weighted by Crippen LogP contribution is -2.50. The number of carbonyl (C=O) groups is 1. The van der Waals surface area contributed by atoms with E-state index in [0.717, 1.165) is 27.2 Å². The Morgan fingerprint density at radius 2 is 1.87 bits per heavy atom. The average Bonchev–Trinajstić information content (AvgIpc) is 3.16. The van der Waals surface area contributed by atoms with Crippen molar-refractivity contribution in [1.29, 1.82) is 0 Å². The molecular formula is C20H19F3N4O2S. The summed E-state index contributed by atoms with van der Waals surface area (Å²) >= 11 is 1.54. The first-order valence-corrected chi connectivity index (χ1v) is 10.1. The number of para-hydroxylation sites is 1. The van der Waals surface area contributed by atoms with Gasteiger partial charge < -0.3 is 19.9 Å². The van der Waals surface area contributed by atoms with Crippen LogP contribution in [0.4, 0.5) is 28.8 Å². The number of halogens is 3. The molecule has 6 nitrogen and oxygen atoms in total. The third kappa shape index (κ3) is 4.13. The number of benzene rings is 2. The molecule has 1 aliphatic heterocycles. The molecule has 2 amide bonds. The van der Waals surface area contributed by atoms with E-state index < -0.39 is 17.8 Å². The van der Waals surface area contributed by atoms with E-state index in [-0.39, 0.29) is 5.69 Å². The van der Waals surface area contributed by atoms with Gasteiger partial charge in [0.15, 0.2) is 5.13 Å². The minimum atomic E-state index is -4.53. The molecule has 0 saturated carbocycles. The molecule has 0 aliphatic carbocycles. The number of carbonyl (C=O) groups excluding carboxylic acids is 1. The second-order valence-corrected chi connectivity index (χ2v) is 7.79. The van der Waals surface area contributed by atoms with Crippen LogP contribution < -0.4 is 15.0 Å². The summed E-state index contributed by atoms with van der Waals surface area (Å²) in [6.07, 6.45) is -4.53. The third-order valence-electron chi connectivity index (χ3n) is 4.90. The van der Waals surface area contributed by atoms with Gasteiger partial charge in [0.1, 0.15) is 5.75 Å². The first-order valence-electron chi connectivity index (χ1n) is 9.27. The molecule has 2 heterocycles. The summed E-state index contributed by atoms with van der Waals surface area (Å²) in [5.74, 6) is 0.762. The standard InChI is InChI=1S/C20H19F3N4O2S/c1-29-13-6-7-16-17(12-13)30-19(25-16)27-10-8-26(9-11-27)18(28)24-15-5-3-2-4-14(15)20(21,22)23/h2-7,12H,8-11H2,1H3,(H,24,28). The zero-order valence-electron chi connectivity index (χ0n) is 16.1. The molecule has 3 aromatic rings. The summed E-state index contributed by atoms with van der Waals surface area (Å²) in [6, 6.07) is 10.1. The predicted molar refractivity (Wildman–Crippen MR) is 110 cm³/mol. The molecule has 0 bridgehead atoms. The van der Waals surface area contributed by atoms with Gasteiger partial charge in [0, 0.05) is 26.2 Å². The number of methoxy groups -OCH3 is 1. The SMILES string of the molecule is COc1ccc2nc(N3CCN(C(=O)Nc4ccccc4C(F)(F)F)CC3)sc2c1. The number of thiazole rings is 1. The van der Waals surface area contributed by atoms with Crippen molar-refractivity contribution in [3.05, 3.63) is 48.0 Å². The van der Waals surface area contributed by atoms with E-state index in [1.165, 1.54) is 23.1 Å². The number of amides is 2. The second-order valence-electron chi connectivity index (χ2n) is 6.78. The molecule has 158 valence electrons. The van der Waals surface area contributed by atoms with E-state index >= 15 is 0 Å². The van der Waals surface area contributed by atoms with Gasteiger partial charge in [-0.3, -0.25) is 0 Å². The van der Waals surface area contributed by atoms with Crippen LogP contribution in [0.25, 0.3) is 10.2 Å². The minimum absolute atomic E-state index is 0.238. The van der Waals surface area contributed by atoms with Gasteiger partial charge in [-0.1, -0.05) is 23.5 Å². The molecule has 4 rings (SSSR count). The van der Waals surface area contributed by atoms with Gasteiger partial charge in [0.05, 0.1) is 28.6 Å². The van der Waals surface area contributed by atoms with Crippen LogP contribution in [0.1, 0.15) is 5.56 Å². The fraction of sp³-hybridized carbons (Fsp3) is 0.300. The first kappa shape index (κ1) is 20.3. The number of nitrogens with one attached hydrogen (secondary N) is 1. The monoisotopic (exact) mass is 436 g/mol. The highest BCUT2D eigenvalue weighted by atomic mass is 32.1. The number of hydrogen-bond donors (Lipinski definition) is 1. The van der Waals surface area contributed by atoms with Crippen LogP contribution in [0.15, 0.2) is 42.5 Å². The molecule has 1 fully saturated rings. The summed E-state index contributed by atoms with van der Waals surface area (Å²) in [6.45, 7) is 1.87. The zero-order valence-corrected chi connectivity index (χ0v) is 16.9. The normalized spacial score (nSPS) is 14.8. The highest BCUT2D eigenvalue weighted by Crippen LogP contribution is 2.35. The molecule has 0 unspecified atom stereocenters. The number of hydrogen-bond acceptors (Lipinski definition) is 5. The number of urea groups is 1. The van der Waals surface area contributed by atoms with Gasteiger partial charge in [-0.05, 0) is 30.3 Å². The number of aromatic nitrogens is 1. The van der Waals surface area contributed by atoms with Crippen LogP contribution in [-0.2, 0) is 6.18 Å². The van der Waals surface area contributed by atoms with Gasteiger partial charge >= 0.3 is 12.2 Å². The Morgan fingerprint density at radius 3 is 2.57 bits per heavy atom. The van der Waals surface area contributed by atoms with E-state index in [1.54, 1.807) is 18.4 Å². The smallest absolute Gasteiger partial charge is 0.418 e. The summed E-state index contributed by atoms with van der Waals surface area (Å²) in [4.78, 5) is 20.7. The Morgan fingerprint density at radius 1 is 1.13 bits per heavy atom. The topological polar surface area (TPSA) is 57.7 Å². The number of ether oxygens (including phenoxy) is 1. The molecule has 10 heteroatoms. The summed E-state index contributed by atoms with van der Waals surface area (Å²) in [5, 5.41) is 3.25. The Balaban J connectivity index is 1.41. The third-order valence-corrected chi connectivity index (χ3v) is 5.97. The minimum Gasteiger partial charge on any atom is -0.497 e. The molecule has 1 saturated heterocycles. The molecular weight excluding hydrogens is 417 g/mol. The molecule has 1 aromatic heterocycles. The summed E-state index contributed by atoms with van der Waals surface area (Å²) in [7, 11) is 1.61. The van der Waals surface area contributed by atoms with Crippen molar-refractivity contribution in [3.8, 4) is 5.75 Å². The van der Waals surface area contributed by atoms with Crippen LogP contribution >= 0.6 is 11.3 Å². The molecule has 0 spiro atoms. The lowest BCUT2D eigenvalue weighted by atomic mass is 10.1. The second kappa shape index (κ2) is 8.02. The lowest BCUT2D eigenvalue weighted by Gasteiger charge is -2.34. The van der Waals surface area contributed by atoms with Crippen LogP contribution in [0, 0.1) is 0 Å². The van der Waals surface area contributed by atoms with Gasteiger partial charge in [0.25, 0.3) is 0 Å². The Bertz CT molecular complexity index is 1060. The van der Waals surface area contributed by atoms with Crippen molar-refractivity contribution in [2.45, 2.75) is 6.18 Å². The Labute approximate surface area is 174 Å². The molecule has 0 radical (unpaired) electrons. The van der Waals surface area contributed by atoms with Crippen molar-refractivity contribution in [3.63, 3.8) is 0 Å². The average molecular weight is 436 g/mol. The van der Waals surface area contributed by atoms with Crippen LogP contribution in [0.3, 0.4) is 0 Å². The van der Waals surface area contributed by atoms with Crippen molar-refractivity contribution in [2.24, 2.45) is 0 Å². The molecule has 1 N–H and O–H groups in total.